The average Bonchev–Trinajstić information content (AvgIpc) is 2.72. The van der Waals surface area contributed by atoms with E-state index in [1.807, 2.05) is 24.3 Å². The first kappa shape index (κ1) is 17.2. The second-order valence-corrected chi connectivity index (χ2v) is 6.74. The van der Waals surface area contributed by atoms with Crippen molar-refractivity contribution in [2.45, 2.75) is 25.3 Å². The van der Waals surface area contributed by atoms with Gasteiger partial charge in [0.15, 0.2) is 0 Å². The lowest BCUT2D eigenvalue weighted by atomic mass is 10.0. The van der Waals surface area contributed by atoms with Gasteiger partial charge in [-0.1, -0.05) is 6.07 Å². The van der Waals surface area contributed by atoms with Crippen molar-refractivity contribution in [2.24, 2.45) is 0 Å². The van der Waals surface area contributed by atoms with Crippen LogP contribution in [0, 0.1) is 0 Å². The Bertz CT molecular complexity index is 996. The fourth-order valence-electron chi connectivity index (χ4n) is 3.54. The highest BCUT2D eigenvalue weighted by molar-refractivity contribution is 5.97. The highest BCUT2D eigenvalue weighted by Crippen LogP contribution is 2.22. The average molecular weight is 363 g/mol. The molecule has 3 aromatic rings. The summed E-state index contributed by atoms with van der Waals surface area (Å²) >= 11 is 0. The van der Waals surface area contributed by atoms with Gasteiger partial charge in [0, 0.05) is 42.3 Å². The molecule has 1 saturated heterocycles. The zero-order chi connectivity index (χ0) is 18.6. The summed E-state index contributed by atoms with van der Waals surface area (Å²) in [4.78, 5) is 30.3. The predicted molar refractivity (Wildman–Crippen MR) is 104 cm³/mol. The second kappa shape index (κ2) is 7.57. The van der Waals surface area contributed by atoms with Crippen molar-refractivity contribution in [1.82, 2.24) is 20.5 Å². The van der Waals surface area contributed by atoms with Crippen LogP contribution in [0.2, 0.25) is 0 Å². The molecule has 1 amide bonds. The van der Waals surface area contributed by atoms with Gasteiger partial charge in [0.2, 0.25) is 0 Å². The number of aromatic amines is 1. The lowest BCUT2D eigenvalue weighted by Gasteiger charge is -2.36. The largest absolute Gasteiger partial charge is 0.350 e. The number of amides is 1. The molecule has 0 bridgehead atoms. The van der Waals surface area contributed by atoms with Crippen LogP contribution in [-0.4, -0.2) is 40.2 Å². The smallest absolute Gasteiger partial charge is 0.264 e. The van der Waals surface area contributed by atoms with Crippen LogP contribution in [0.4, 0.5) is 5.82 Å². The first-order valence-corrected chi connectivity index (χ1v) is 9.16. The third-order valence-corrected chi connectivity index (χ3v) is 4.95. The molecule has 0 radical (unpaired) electrons. The molecule has 7 heteroatoms. The molecule has 27 heavy (non-hydrogen) atoms. The van der Waals surface area contributed by atoms with Crippen molar-refractivity contribution in [2.75, 3.05) is 18.0 Å². The Hall–Kier alpha value is -3.22. The Morgan fingerprint density at radius 3 is 3.00 bits per heavy atom. The van der Waals surface area contributed by atoms with E-state index in [9.17, 15) is 9.59 Å². The van der Waals surface area contributed by atoms with Gasteiger partial charge in [-0.05, 0) is 49.6 Å². The van der Waals surface area contributed by atoms with Gasteiger partial charge in [0.25, 0.3) is 11.5 Å². The molecule has 1 aromatic carbocycles. The van der Waals surface area contributed by atoms with E-state index in [4.69, 9.17) is 0 Å². The first-order chi connectivity index (χ1) is 13.2. The van der Waals surface area contributed by atoms with Crippen LogP contribution < -0.4 is 15.8 Å². The van der Waals surface area contributed by atoms with Crippen molar-refractivity contribution in [3.8, 4) is 0 Å². The number of hydrogen-bond acceptors (Lipinski definition) is 5. The number of fused-ring (bicyclic) bond motifs is 1. The number of carbonyl (C=O) groups excluding carboxylic acids is 1. The van der Waals surface area contributed by atoms with Crippen LogP contribution in [0.5, 0.6) is 0 Å². The number of H-pyrrole nitrogens is 1. The number of hydrogen-bond donors (Lipinski definition) is 2. The lowest BCUT2D eigenvalue weighted by molar-refractivity contribution is 0.0949. The molecular weight excluding hydrogens is 342 g/mol. The first-order valence-electron chi connectivity index (χ1n) is 9.16. The number of anilines is 1. The number of carbonyl (C=O) groups is 1. The molecule has 2 aromatic heterocycles. The highest BCUT2D eigenvalue weighted by Gasteiger charge is 2.24. The lowest BCUT2D eigenvalue weighted by Crippen LogP contribution is -2.47. The minimum Gasteiger partial charge on any atom is -0.350 e. The number of piperidine rings is 1. The second-order valence-electron chi connectivity index (χ2n) is 6.74. The van der Waals surface area contributed by atoms with Gasteiger partial charge < -0.3 is 10.2 Å². The molecule has 3 heterocycles. The normalized spacial score (nSPS) is 17.0. The van der Waals surface area contributed by atoms with Gasteiger partial charge in [-0.25, -0.2) is 5.10 Å². The van der Waals surface area contributed by atoms with E-state index in [0.717, 1.165) is 42.5 Å². The van der Waals surface area contributed by atoms with Gasteiger partial charge in [-0.3, -0.25) is 14.6 Å². The van der Waals surface area contributed by atoms with Crippen molar-refractivity contribution in [3.63, 3.8) is 0 Å². The summed E-state index contributed by atoms with van der Waals surface area (Å²) < 4.78 is 0. The van der Waals surface area contributed by atoms with Crippen LogP contribution in [0.1, 0.15) is 29.6 Å². The summed E-state index contributed by atoms with van der Waals surface area (Å²) in [6.07, 6.45) is 4.90. The molecule has 0 saturated carbocycles. The van der Waals surface area contributed by atoms with Crippen molar-refractivity contribution in [3.05, 3.63) is 64.6 Å². The fourth-order valence-corrected chi connectivity index (χ4v) is 3.54. The number of benzene rings is 1. The molecule has 1 aliphatic heterocycles. The monoisotopic (exact) mass is 363 g/mol. The molecule has 4 rings (SSSR count). The quantitative estimate of drug-likeness (QED) is 0.741. The highest BCUT2D eigenvalue weighted by atomic mass is 16.1. The predicted octanol–water partition coefficient (Wildman–Crippen LogP) is 2.11. The summed E-state index contributed by atoms with van der Waals surface area (Å²) in [6, 6.07) is 12.7. The van der Waals surface area contributed by atoms with Crippen LogP contribution >= 0.6 is 0 Å². The van der Waals surface area contributed by atoms with Gasteiger partial charge in [-0.2, -0.15) is 5.10 Å². The minimum absolute atomic E-state index is 0.0966. The van der Waals surface area contributed by atoms with Crippen LogP contribution in [0.3, 0.4) is 0 Å². The third kappa shape index (κ3) is 3.81. The maximum Gasteiger partial charge on any atom is 0.264 e. The molecule has 0 spiro atoms. The minimum atomic E-state index is -0.216. The van der Waals surface area contributed by atoms with Crippen LogP contribution in [0.25, 0.3) is 10.9 Å². The van der Waals surface area contributed by atoms with Crippen LogP contribution in [-0.2, 0) is 0 Å². The Labute approximate surface area is 156 Å². The maximum absolute atomic E-state index is 12.6. The molecule has 138 valence electrons. The van der Waals surface area contributed by atoms with Gasteiger partial charge in [0.1, 0.15) is 5.82 Å². The standard InChI is InChI=1S/C20H21N5O2/c26-19-9-8-18(23-24-19)25-11-2-1-5-16(25)13-22-20(27)15-6-7-17-14(12-15)4-3-10-21-17/h3-4,6-10,12,16H,1-2,5,11,13H2,(H,22,27)(H,24,26). The third-order valence-electron chi connectivity index (χ3n) is 4.95. The van der Waals surface area contributed by atoms with E-state index >= 15 is 0 Å². The molecule has 2 N–H and O–H groups in total. The van der Waals surface area contributed by atoms with Crippen molar-refractivity contribution >= 4 is 22.6 Å². The van der Waals surface area contributed by atoms with Gasteiger partial charge >= 0.3 is 0 Å². The molecule has 0 aliphatic carbocycles. The maximum atomic E-state index is 12.6. The van der Waals surface area contributed by atoms with E-state index in [0.29, 0.717) is 12.1 Å². The molecule has 1 fully saturated rings. The molecule has 1 aliphatic rings. The number of aromatic nitrogens is 3. The summed E-state index contributed by atoms with van der Waals surface area (Å²) in [5.41, 5.74) is 1.28. The zero-order valence-electron chi connectivity index (χ0n) is 14.9. The molecular formula is C20H21N5O2. The summed E-state index contributed by atoms with van der Waals surface area (Å²) in [5.74, 6) is 0.644. The molecule has 1 unspecified atom stereocenters. The Morgan fingerprint density at radius 2 is 2.15 bits per heavy atom. The van der Waals surface area contributed by atoms with Crippen molar-refractivity contribution in [1.29, 1.82) is 0 Å². The SMILES string of the molecule is O=C(NCC1CCCCN1c1ccc(=O)[nH]n1)c1ccc2ncccc2c1. The number of nitrogens with zero attached hydrogens (tertiary/aromatic N) is 3. The molecule has 1 atom stereocenters. The van der Waals surface area contributed by atoms with Gasteiger partial charge in [0.05, 0.1) is 5.52 Å². The zero-order valence-corrected chi connectivity index (χ0v) is 14.9. The Balaban J connectivity index is 1.46. The van der Waals surface area contributed by atoms with Crippen LogP contribution in [0.15, 0.2) is 53.5 Å². The Morgan fingerprint density at radius 1 is 1.22 bits per heavy atom. The van der Waals surface area contributed by atoms with E-state index in [1.54, 1.807) is 18.3 Å². The topological polar surface area (TPSA) is 91.0 Å². The number of pyridine rings is 1. The summed E-state index contributed by atoms with van der Waals surface area (Å²) in [7, 11) is 0. The fraction of sp³-hybridized carbons (Fsp3) is 0.300. The van der Waals surface area contributed by atoms with Crippen molar-refractivity contribution < 1.29 is 4.79 Å². The summed E-state index contributed by atoms with van der Waals surface area (Å²) in [6.45, 7) is 1.39. The van der Waals surface area contributed by atoms with E-state index in [-0.39, 0.29) is 17.5 Å². The molecule has 7 nitrogen and oxygen atoms in total. The van der Waals surface area contributed by atoms with E-state index < -0.39 is 0 Å². The van der Waals surface area contributed by atoms with E-state index in [1.165, 1.54) is 6.07 Å². The Kier molecular flexibility index (Phi) is 4.82. The number of rotatable bonds is 4. The number of nitrogens with one attached hydrogen (secondary N) is 2. The summed E-state index contributed by atoms with van der Waals surface area (Å²) in [5, 5.41) is 10.6. The van der Waals surface area contributed by atoms with E-state index in [2.05, 4.69) is 25.4 Å². The van der Waals surface area contributed by atoms with Gasteiger partial charge in [-0.15, -0.1) is 0 Å².